The van der Waals surface area contributed by atoms with E-state index in [0.717, 1.165) is 39.3 Å². The fraction of sp³-hybridized carbons (Fsp3) is 0.375. The first-order chi connectivity index (χ1) is 9.58. The SMILES string of the molecule is CCCc1nc(-c2cccc(C)c2C)nc(NC)c1I. The average molecular weight is 381 g/mol. The highest BCUT2D eigenvalue weighted by Crippen LogP contribution is 2.27. The molecule has 0 saturated carbocycles. The Hall–Kier alpha value is -1.17. The molecule has 0 aliphatic heterocycles. The van der Waals surface area contributed by atoms with Crippen molar-refractivity contribution in [3.05, 3.63) is 38.6 Å². The number of aromatic nitrogens is 2. The van der Waals surface area contributed by atoms with Gasteiger partial charge in [-0.15, -0.1) is 0 Å². The second-order valence-corrected chi connectivity index (χ2v) is 5.98. The summed E-state index contributed by atoms with van der Waals surface area (Å²) in [5.74, 6) is 1.74. The molecule has 0 bridgehead atoms. The molecule has 1 heterocycles. The number of nitrogens with zero attached hydrogens (tertiary/aromatic N) is 2. The molecule has 0 spiro atoms. The Morgan fingerprint density at radius 2 is 1.95 bits per heavy atom. The molecular weight excluding hydrogens is 361 g/mol. The van der Waals surface area contributed by atoms with Crippen LogP contribution in [0.2, 0.25) is 0 Å². The Balaban J connectivity index is 2.62. The van der Waals surface area contributed by atoms with Crippen LogP contribution < -0.4 is 5.32 Å². The van der Waals surface area contributed by atoms with Crippen molar-refractivity contribution in [2.75, 3.05) is 12.4 Å². The Morgan fingerprint density at radius 3 is 2.60 bits per heavy atom. The van der Waals surface area contributed by atoms with Crippen molar-refractivity contribution in [3.63, 3.8) is 0 Å². The molecule has 1 N–H and O–H groups in total. The largest absolute Gasteiger partial charge is 0.372 e. The highest BCUT2D eigenvalue weighted by atomic mass is 127. The predicted octanol–water partition coefficient (Wildman–Crippen LogP) is 4.36. The summed E-state index contributed by atoms with van der Waals surface area (Å²) in [7, 11) is 1.91. The molecule has 0 aliphatic rings. The lowest BCUT2D eigenvalue weighted by atomic mass is 10.0. The zero-order valence-corrected chi connectivity index (χ0v) is 14.6. The molecule has 0 atom stereocenters. The zero-order valence-electron chi connectivity index (χ0n) is 12.4. The normalized spacial score (nSPS) is 10.7. The van der Waals surface area contributed by atoms with E-state index in [2.05, 4.69) is 71.9 Å². The summed E-state index contributed by atoms with van der Waals surface area (Å²) in [6.07, 6.45) is 2.07. The molecule has 4 heteroatoms. The van der Waals surface area contributed by atoms with Gasteiger partial charge >= 0.3 is 0 Å². The van der Waals surface area contributed by atoms with E-state index in [9.17, 15) is 0 Å². The van der Waals surface area contributed by atoms with Gasteiger partial charge in [-0.3, -0.25) is 0 Å². The Kier molecular flexibility index (Phi) is 4.96. The smallest absolute Gasteiger partial charge is 0.162 e. The minimum atomic E-state index is 0.819. The van der Waals surface area contributed by atoms with Gasteiger partial charge in [0.25, 0.3) is 0 Å². The van der Waals surface area contributed by atoms with Crippen molar-refractivity contribution in [1.29, 1.82) is 0 Å². The van der Waals surface area contributed by atoms with Crippen LogP contribution in [-0.4, -0.2) is 17.0 Å². The molecule has 1 aromatic heterocycles. The lowest BCUT2D eigenvalue weighted by molar-refractivity contribution is 0.867. The van der Waals surface area contributed by atoms with Crippen molar-refractivity contribution in [3.8, 4) is 11.4 Å². The second-order valence-electron chi connectivity index (χ2n) is 4.90. The van der Waals surface area contributed by atoms with Gasteiger partial charge in [-0.2, -0.15) is 0 Å². The van der Waals surface area contributed by atoms with Gasteiger partial charge in [0.05, 0.1) is 9.26 Å². The summed E-state index contributed by atoms with van der Waals surface area (Å²) in [5.41, 5.74) is 4.77. The lowest BCUT2D eigenvalue weighted by Gasteiger charge is -2.13. The van der Waals surface area contributed by atoms with Crippen molar-refractivity contribution in [1.82, 2.24) is 9.97 Å². The molecule has 0 fully saturated rings. The number of aryl methyl sites for hydroxylation is 2. The summed E-state index contributed by atoms with van der Waals surface area (Å²) in [6.45, 7) is 6.43. The molecule has 0 unspecified atom stereocenters. The first kappa shape index (κ1) is 15.2. The van der Waals surface area contributed by atoms with Gasteiger partial charge in [0, 0.05) is 12.6 Å². The first-order valence-corrected chi connectivity index (χ1v) is 7.97. The van der Waals surface area contributed by atoms with Crippen molar-refractivity contribution >= 4 is 28.4 Å². The quantitative estimate of drug-likeness (QED) is 0.800. The summed E-state index contributed by atoms with van der Waals surface area (Å²) >= 11 is 2.33. The second kappa shape index (κ2) is 6.52. The fourth-order valence-electron chi connectivity index (χ4n) is 2.18. The van der Waals surface area contributed by atoms with Crippen LogP contribution >= 0.6 is 22.6 Å². The van der Waals surface area contributed by atoms with Crippen molar-refractivity contribution in [2.24, 2.45) is 0 Å². The molecule has 0 radical (unpaired) electrons. The minimum Gasteiger partial charge on any atom is -0.372 e. The summed E-state index contributed by atoms with van der Waals surface area (Å²) < 4.78 is 1.13. The maximum atomic E-state index is 4.78. The van der Waals surface area contributed by atoms with E-state index in [1.165, 1.54) is 11.1 Å². The van der Waals surface area contributed by atoms with Gasteiger partial charge < -0.3 is 5.32 Å². The number of anilines is 1. The summed E-state index contributed by atoms with van der Waals surface area (Å²) in [5, 5.41) is 3.18. The number of hydrogen-bond acceptors (Lipinski definition) is 3. The third-order valence-electron chi connectivity index (χ3n) is 3.49. The van der Waals surface area contributed by atoms with Crippen LogP contribution in [0.1, 0.15) is 30.2 Å². The standard InChI is InChI=1S/C16H20IN3/c1-5-7-13-14(17)16(18-4)20-15(19-13)12-9-6-8-10(2)11(12)3/h6,8-9H,5,7H2,1-4H3,(H,18,19,20). The van der Waals surface area contributed by atoms with Crippen LogP contribution in [0.25, 0.3) is 11.4 Å². The molecule has 106 valence electrons. The van der Waals surface area contributed by atoms with Crippen LogP contribution in [0.3, 0.4) is 0 Å². The zero-order chi connectivity index (χ0) is 14.7. The Labute approximate surface area is 134 Å². The van der Waals surface area contributed by atoms with E-state index in [0.29, 0.717) is 0 Å². The summed E-state index contributed by atoms with van der Waals surface area (Å²) in [4.78, 5) is 9.46. The van der Waals surface area contributed by atoms with E-state index >= 15 is 0 Å². The van der Waals surface area contributed by atoms with Crippen molar-refractivity contribution in [2.45, 2.75) is 33.6 Å². The molecule has 2 rings (SSSR count). The average Bonchev–Trinajstić information content (AvgIpc) is 2.44. The third-order valence-corrected chi connectivity index (χ3v) is 4.62. The number of nitrogens with one attached hydrogen (secondary N) is 1. The highest BCUT2D eigenvalue weighted by Gasteiger charge is 2.13. The van der Waals surface area contributed by atoms with Gasteiger partial charge in [-0.1, -0.05) is 31.5 Å². The van der Waals surface area contributed by atoms with Gasteiger partial charge in [0.1, 0.15) is 5.82 Å². The molecular formula is C16H20IN3. The third kappa shape index (κ3) is 2.95. The monoisotopic (exact) mass is 381 g/mol. The van der Waals surface area contributed by atoms with E-state index < -0.39 is 0 Å². The molecule has 1 aromatic carbocycles. The van der Waals surface area contributed by atoms with Crippen LogP contribution in [0.5, 0.6) is 0 Å². The molecule has 0 aliphatic carbocycles. The molecule has 0 saturated heterocycles. The minimum absolute atomic E-state index is 0.819. The predicted molar refractivity (Wildman–Crippen MR) is 93.2 cm³/mol. The van der Waals surface area contributed by atoms with E-state index in [-0.39, 0.29) is 0 Å². The van der Waals surface area contributed by atoms with Crippen LogP contribution in [0.4, 0.5) is 5.82 Å². The maximum Gasteiger partial charge on any atom is 0.162 e. The molecule has 0 amide bonds. The topological polar surface area (TPSA) is 37.8 Å². The number of halogens is 1. The number of hydrogen-bond donors (Lipinski definition) is 1. The van der Waals surface area contributed by atoms with Gasteiger partial charge in [0.15, 0.2) is 5.82 Å². The lowest BCUT2D eigenvalue weighted by Crippen LogP contribution is -2.06. The van der Waals surface area contributed by atoms with E-state index in [1.807, 2.05) is 7.05 Å². The summed E-state index contributed by atoms with van der Waals surface area (Å²) in [6, 6.07) is 6.29. The maximum absolute atomic E-state index is 4.78. The van der Waals surface area contributed by atoms with Crippen LogP contribution in [0, 0.1) is 17.4 Å². The van der Waals surface area contributed by atoms with Crippen LogP contribution in [0.15, 0.2) is 18.2 Å². The first-order valence-electron chi connectivity index (χ1n) is 6.89. The van der Waals surface area contributed by atoms with E-state index in [1.54, 1.807) is 0 Å². The number of rotatable bonds is 4. The fourth-order valence-corrected chi connectivity index (χ4v) is 2.96. The van der Waals surface area contributed by atoms with Crippen molar-refractivity contribution < 1.29 is 0 Å². The number of benzene rings is 1. The molecule has 20 heavy (non-hydrogen) atoms. The Morgan fingerprint density at radius 1 is 1.20 bits per heavy atom. The highest BCUT2D eigenvalue weighted by molar-refractivity contribution is 14.1. The molecule has 2 aromatic rings. The van der Waals surface area contributed by atoms with Gasteiger partial charge in [0.2, 0.25) is 0 Å². The van der Waals surface area contributed by atoms with Gasteiger partial charge in [-0.05, 0) is 54.0 Å². The van der Waals surface area contributed by atoms with Gasteiger partial charge in [-0.25, -0.2) is 9.97 Å². The van der Waals surface area contributed by atoms with E-state index in [4.69, 9.17) is 4.98 Å². The Bertz CT molecular complexity index is 623. The van der Waals surface area contributed by atoms with Crippen LogP contribution in [-0.2, 0) is 6.42 Å². The molecule has 3 nitrogen and oxygen atoms in total.